The summed E-state index contributed by atoms with van der Waals surface area (Å²) < 4.78 is 35.4. The van der Waals surface area contributed by atoms with E-state index in [1.165, 1.54) is 5.56 Å². The lowest BCUT2D eigenvalue weighted by Crippen LogP contribution is -2.49. The van der Waals surface area contributed by atoms with E-state index in [2.05, 4.69) is 70.0 Å². The summed E-state index contributed by atoms with van der Waals surface area (Å²) in [5.41, 5.74) is 5.17. The largest absolute Gasteiger partial charge is 0.496 e. The van der Waals surface area contributed by atoms with E-state index in [-0.39, 0.29) is 11.8 Å². The number of thiazole rings is 1. The van der Waals surface area contributed by atoms with Crippen LogP contribution in [-0.2, 0) is 16.4 Å². The van der Waals surface area contributed by atoms with E-state index in [0.717, 1.165) is 33.3 Å². The first-order valence-corrected chi connectivity index (χ1v) is 15.8. The zero-order valence-electron chi connectivity index (χ0n) is 23.7. The smallest absolute Gasteiger partial charge is 0.243 e. The summed E-state index contributed by atoms with van der Waals surface area (Å²) >= 11 is 1.62. The van der Waals surface area contributed by atoms with Gasteiger partial charge in [-0.2, -0.15) is 4.31 Å². The molecule has 0 unspecified atom stereocenters. The molecule has 0 aliphatic carbocycles. The lowest BCUT2D eigenvalue weighted by molar-refractivity contribution is 0.383. The Kier molecular flexibility index (Phi) is 8.85. The lowest BCUT2D eigenvalue weighted by Gasteiger charge is -2.35. The van der Waals surface area contributed by atoms with E-state index in [1.54, 1.807) is 22.8 Å². The molecule has 0 atom stereocenters. The fourth-order valence-electron chi connectivity index (χ4n) is 5.00. The Bertz CT molecular complexity index is 1330. The van der Waals surface area contributed by atoms with Crippen LogP contribution in [0.1, 0.15) is 87.2 Å². The third-order valence-electron chi connectivity index (χ3n) is 7.29. The highest BCUT2D eigenvalue weighted by Crippen LogP contribution is 2.37. The number of sulfonamides is 1. The van der Waals surface area contributed by atoms with Crippen LogP contribution in [0, 0.1) is 0 Å². The number of nitrogens with zero attached hydrogens (tertiary/aromatic N) is 3. The van der Waals surface area contributed by atoms with Gasteiger partial charge in [-0.3, -0.25) is 0 Å². The number of aromatic nitrogens is 1. The summed E-state index contributed by atoms with van der Waals surface area (Å²) in [7, 11) is -1.94. The maximum absolute atomic E-state index is 14.1. The Balaban J connectivity index is 1.53. The molecular weight excluding hydrogens is 514 g/mol. The zero-order valence-corrected chi connectivity index (χ0v) is 25.3. The summed E-state index contributed by atoms with van der Waals surface area (Å²) in [5, 5.41) is 3.03. The first-order chi connectivity index (χ1) is 18.0. The molecule has 0 spiro atoms. The molecule has 0 saturated carbocycles. The minimum Gasteiger partial charge on any atom is -0.496 e. The van der Waals surface area contributed by atoms with Crippen molar-refractivity contribution >= 4 is 26.5 Å². The normalized spacial score (nSPS) is 15.2. The molecule has 1 aromatic heterocycles. The van der Waals surface area contributed by atoms with Crippen molar-refractivity contribution in [1.82, 2.24) is 9.29 Å². The summed E-state index contributed by atoms with van der Waals surface area (Å²) in [6.07, 6.45) is 0.706. The van der Waals surface area contributed by atoms with Crippen molar-refractivity contribution in [2.75, 3.05) is 38.2 Å². The topological polar surface area (TPSA) is 62.7 Å². The molecule has 4 rings (SSSR count). The summed E-state index contributed by atoms with van der Waals surface area (Å²) in [5.74, 6) is 1.45. The summed E-state index contributed by atoms with van der Waals surface area (Å²) in [4.78, 5) is 7.60. The van der Waals surface area contributed by atoms with Gasteiger partial charge in [0, 0.05) is 43.5 Å². The monoisotopic (exact) mass is 555 g/mol. The molecule has 0 radical (unpaired) electrons. The molecule has 206 valence electrons. The van der Waals surface area contributed by atoms with Gasteiger partial charge in [0.15, 0.2) is 5.13 Å². The third kappa shape index (κ3) is 5.92. The number of piperazine rings is 1. The van der Waals surface area contributed by atoms with Crippen molar-refractivity contribution in [1.29, 1.82) is 0 Å². The first-order valence-electron chi connectivity index (χ1n) is 13.5. The van der Waals surface area contributed by atoms with Crippen molar-refractivity contribution in [3.05, 3.63) is 69.7 Å². The SMILES string of the molecule is COc1ccccc1Cc1csc(N2CCN(S(=O)(=O)c3c(C(C)C)cc(C(C)C)cc3C(C)C)CC2)n1. The van der Waals surface area contributed by atoms with Crippen LogP contribution in [0.15, 0.2) is 46.7 Å². The molecule has 1 fully saturated rings. The minimum absolute atomic E-state index is 0.120. The van der Waals surface area contributed by atoms with Crippen LogP contribution in [0.5, 0.6) is 5.75 Å². The average Bonchev–Trinajstić information content (AvgIpc) is 3.36. The predicted molar refractivity (Wildman–Crippen MR) is 158 cm³/mol. The Labute approximate surface area is 232 Å². The Morgan fingerprint density at radius 2 is 1.53 bits per heavy atom. The molecule has 3 aromatic rings. The van der Waals surface area contributed by atoms with Gasteiger partial charge in [-0.15, -0.1) is 11.3 Å². The average molecular weight is 556 g/mol. The van der Waals surface area contributed by atoms with E-state index in [4.69, 9.17) is 9.72 Å². The van der Waals surface area contributed by atoms with Crippen molar-refractivity contribution in [2.45, 2.75) is 70.6 Å². The number of anilines is 1. The maximum atomic E-state index is 14.1. The molecule has 2 heterocycles. The van der Waals surface area contributed by atoms with Crippen molar-refractivity contribution in [3.63, 3.8) is 0 Å². The van der Waals surface area contributed by atoms with E-state index < -0.39 is 10.0 Å². The first kappa shape index (κ1) is 28.6. The fourth-order valence-corrected chi connectivity index (χ4v) is 7.97. The highest BCUT2D eigenvalue weighted by molar-refractivity contribution is 7.89. The van der Waals surface area contributed by atoms with E-state index in [1.807, 2.05) is 18.2 Å². The maximum Gasteiger partial charge on any atom is 0.243 e. The second-order valence-electron chi connectivity index (χ2n) is 11.0. The van der Waals surface area contributed by atoms with Crippen LogP contribution in [0.3, 0.4) is 0 Å². The molecule has 0 bridgehead atoms. The van der Waals surface area contributed by atoms with Crippen LogP contribution in [0.4, 0.5) is 5.13 Å². The molecule has 38 heavy (non-hydrogen) atoms. The van der Waals surface area contributed by atoms with Crippen LogP contribution < -0.4 is 9.64 Å². The van der Waals surface area contributed by atoms with Crippen LogP contribution in [0.25, 0.3) is 0 Å². The van der Waals surface area contributed by atoms with E-state index in [0.29, 0.717) is 43.4 Å². The highest BCUT2D eigenvalue weighted by Gasteiger charge is 2.34. The Morgan fingerprint density at radius 3 is 2.08 bits per heavy atom. The Morgan fingerprint density at radius 1 is 0.921 bits per heavy atom. The summed E-state index contributed by atoms with van der Waals surface area (Å²) in [6, 6.07) is 12.2. The molecule has 0 amide bonds. The lowest BCUT2D eigenvalue weighted by atomic mass is 9.89. The second-order valence-corrected chi connectivity index (χ2v) is 13.7. The second kappa shape index (κ2) is 11.8. The minimum atomic E-state index is -3.63. The van der Waals surface area contributed by atoms with Gasteiger partial charge >= 0.3 is 0 Å². The molecule has 2 aromatic carbocycles. The number of hydrogen-bond acceptors (Lipinski definition) is 6. The van der Waals surface area contributed by atoms with Crippen LogP contribution >= 0.6 is 11.3 Å². The van der Waals surface area contributed by atoms with Crippen molar-refractivity contribution in [2.24, 2.45) is 0 Å². The predicted octanol–water partition coefficient (Wildman–Crippen LogP) is 6.62. The molecule has 8 heteroatoms. The molecule has 1 saturated heterocycles. The highest BCUT2D eigenvalue weighted by atomic mass is 32.2. The molecule has 1 aliphatic heterocycles. The molecule has 0 N–H and O–H groups in total. The zero-order chi connectivity index (χ0) is 27.6. The number of methoxy groups -OCH3 is 1. The van der Waals surface area contributed by atoms with Gasteiger partial charge < -0.3 is 9.64 Å². The summed E-state index contributed by atoms with van der Waals surface area (Å²) in [6.45, 7) is 14.8. The van der Waals surface area contributed by atoms with Gasteiger partial charge in [-0.1, -0.05) is 71.9 Å². The molecular formula is C30H41N3O3S2. The molecule has 1 aliphatic rings. The van der Waals surface area contributed by atoms with Crippen LogP contribution in [0.2, 0.25) is 0 Å². The van der Waals surface area contributed by atoms with E-state index >= 15 is 0 Å². The van der Waals surface area contributed by atoms with Gasteiger partial charge in [-0.25, -0.2) is 13.4 Å². The van der Waals surface area contributed by atoms with Gasteiger partial charge in [0.1, 0.15) is 5.75 Å². The van der Waals surface area contributed by atoms with Crippen LogP contribution in [-0.4, -0.2) is 51.0 Å². The number of hydrogen-bond donors (Lipinski definition) is 0. The standard InChI is InChI=1S/C30H41N3O3S2/c1-20(2)24-17-26(21(3)4)29(27(18-24)22(5)6)38(34,35)33-14-12-32(13-15-33)30-31-25(19-37-30)16-23-10-8-9-11-28(23)36-7/h8-11,17-22H,12-16H2,1-7H3. The van der Waals surface area contributed by atoms with Gasteiger partial charge in [0.2, 0.25) is 10.0 Å². The number of benzene rings is 2. The van der Waals surface area contributed by atoms with Gasteiger partial charge in [0.05, 0.1) is 17.7 Å². The van der Waals surface area contributed by atoms with Gasteiger partial charge in [-0.05, 0) is 40.5 Å². The number of ether oxygens (including phenoxy) is 1. The van der Waals surface area contributed by atoms with E-state index in [9.17, 15) is 8.42 Å². The van der Waals surface area contributed by atoms with Crippen molar-refractivity contribution < 1.29 is 13.2 Å². The fraction of sp³-hybridized carbons (Fsp3) is 0.500. The molecule has 6 nitrogen and oxygen atoms in total. The quantitative estimate of drug-likeness (QED) is 0.297. The number of rotatable bonds is 9. The third-order valence-corrected chi connectivity index (χ3v) is 10.3. The number of para-hydroxylation sites is 1. The van der Waals surface area contributed by atoms with Crippen molar-refractivity contribution in [3.8, 4) is 5.75 Å². The Hall–Kier alpha value is -2.42. The van der Waals surface area contributed by atoms with Gasteiger partial charge in [0.25, 0.3) is 0 Å².